The first-order valence-electron chi connectivity index (χ1n) is 7.03. The van der Waals surface area contributed by atoms with Crippen molar-refractivity contribution in [3.63, 3.8) is 0 Å². The van der Waals surface area contributed by atoms with E-state index in [1.54, 1.807) is 6.07 Å². The van der Waals surface area contributed by atoms with Crippen molar-refractivity contribution >= 4 is 29.1 Å². The minimum absolute atomic E-state index is 0.218. The van der Waals surface area contributed by atoms with Crippen LogP contribution in [0.3, 0.4) is 0 Å². The molecule has 20 heavy (non-hydrogen) atoms. The highest BCUT2D eigenvalue weighted by molar-refractivity contribution is 6.34. The number of likely N-dealkylation sites (tertiary alicyclic amines) is 1. The van der Waals surface area contributed by atoms with E-state index in [9.17, 15) is 4.79 Å². The highest BCUT2D eigenvalue weighted by atomic mass is 35.5. The summed E-state index contributed by atoms with van der Waals surface area (Å²) in [6, 6.07) is 5.67. The molecule has 0 spiro atoms. The molecule has 1 aromatic rings. The second-order valence-corrected chi connectivity index (χ2v) is 7.42. The number of halogens is 2. The van der Waals surface area contributed by atoms with Crippen molar-refractivity contribution in [3.05, 3.63) is 33.8 Å². The summed E-state index contributed by atoms with van der Waals surface area (Å²) < 4.78 is 0. The zero-order valence-electron chi connectivity index (χ0n) is 12.2. The summed E-state index contributed by atoms with van der Waals surface area (Å²) in [6.07, 6.45) is 2.10. The van der Waals surface area contributed by atoms with E-state index in [1.807, 2.05) is 37.8 Å². The van der Waals surface area contributed by atoms with E-state index in [0.717, 1.165) is 31.5 Å². The second kappa shape index (κ2) is 5.95. The summed E-state index contributed by atoms with van der Waals surface area (Å²) in [6.45, 7) is 7.51. The molecule has 110 valence electrons. The molecule has 1 atom stereocenters. The summed E-state index contributed by atoms with van der Waals surface area (Å²) in [7, 11) is 0. The normalized spacial score (nSPS) is 20.1. The summed E-state index contributed by atoms with van der Waals surface area (Å²) >= 11 is 12.2. The third kappa shape index (κ3) is 3.67. The lowest BCUT2D eigenvalue weighted by Gasteiger charge is -2.36. The molecule has 1 fully saturated rings. The van der Waals surface area contributed by atoms with Gasteiger partial charge in [-0.2, -0.15) is 0 Å². The number of amides is 1. The molecular weight excluding hydrogens is 293 g/mol. The lowest BCUT2D eigenvalue weighted by Crippen LogP contribution is -2.44. The lowest BCUT2D eigenvalue weighted by atomic mass is 9.88. The molecule has 0 aromatic heterocycles. The molecule has 2 rings (SSSR count). The SMILES string of the molecule is CC(C)(C)C(=O)N1CCCC(c2cc(Cl)cc(Cl)c2)C1. The fourth-order valence-electron chi connectivity index (χ4n) is 2.72. The van der Waals surface area contributed by atoms with E-state index in [0.29, 0.717) is 16.0 Å². The molecule has 4 heteroatoms. The van der Waals surface area contributed by atoms with Gasteiger partial charge in [-0.25, -0.2) is 0 Å². The third-order valence-electron chi connectivity index (χ3n) is 3.71. The van der Waals surface area contributed by atoms with Crippen LogP contribution in [0.15, 0.2) is 18.2 Å². The van der Waals surface area contributed by atoms with Crippen LogP contribution >= 0.6 is 23.2 Å². The zero-order chi connectivity index (χ0) is 14.9. The highest BCUT2D eigenvalue weighted by Crippen LogP contribution is 2.32. The first-order valence-corrected chi connectivity index (χ1v) is 7.78. The smallest absolute Gasteiger partial charge is 0.227 e. The van der Waals surface area contributed by atoms with Gasteiger partial charge in [-0.15, -0.1) is 0 Å². The number of carbonyl (C=O) groups is 1. The fourth-order valence-corrected chi connectivity index (χ4v) is 3.26. The van der Waals surface area contributed by atoms with Crippen LogP contribution in [-0.4, -0.2) is 23.9 Å². The van der Waals surface area contributed by atoms with Gasteiger partial charge in [0.15, 0.2) is 0 Å². The number of nitrogens with zero attached hydrogens (tertiary/aromatic N) is 1. The van der Waals surface area contributed by atoms with Crippen LogP contribution in [0.5, 0.6) is 0 Å². The van der Waals surface area contributed by atoms with Crippen LogP contribution in [0, 0.1) is 5.41 Å². The quantitative estimate of drug-likeness (QED) is 0.733. The minimum atomic E-state index is -0.326. The largest absolute Gasteiger partial charge is 0.342 e. The van der Waals surface area contributed by atoms with Gasteiger partial charge in [-0.1, -0.05) is 44.0 Å². The lowest BCUT2D eigenvalue weighted by molar-refractivity contribution is -0.140. The Morgan fingerprint density at radius 3 is 2.35 bits per heavy atom. The molecule has 0 bridgehead atoms. The van der Waals surface area contributed by atoms with E-state index in [4.69, 9.17) is 23.2 Å². The van der Waals surface area contributed by atoms with Crippen LogP contribution in [-0.2, 0) is 4.79 Å². The fraction of sp³-hybridized carbons (Fsp3) is 0.562. The van der Waals surface area contributed by atoms with Crippen molar-refractivity contribution < 1.29 is 4.79 Å². The van der Waals surface area contributed by atoms with Gasteiger partial charge in [-0.05, 0) is 36.6 Å². The Hall–Kier alpha value is -0.730. The summed E-state index contributed by atoms with van der Waals surface area (Å²) in [5.74, 6) is 0.543. The molecule has 1 saturated heterocycles. The second-order valence-electron chi connectivity index (χ2n) is 6.54. The predicted molar refractivity (Wildman–Crippen MR) is 84.5 cm³/mol. The number of benzene rings is 1. The van der Waals surface area contributed by atoms with Gasteiger partial charge in [-0.3, -0.25) is 4.79 Å². The molecule has 0 aliphatic carbocycles. The van der Waals surface area contributed by atoms with E-state index in [-0.39, 0.29) is 11.3 Å². The molecule has 1 aliphatic heterocycles. The minimum Gasteiger partial charge on any atom is -0.342 e. The number of hydrogen-bond acceptors (Lipinski definition) is 1. The van der Waals surface area contributed by atoms with Crippen LogP contribution in [0.4, 0.5) is 0 Å². The average molecular weight is 314 g/mol. The van der Waals surface area contributed by atoms with Crippen molar-refractivity contribution in [2.24, 2.45) is 5.41 Å². The maximum absolute atomic E-state index is 12.4. The number of rotatable bonds is 1. The predicted octanol–water partition coefficient (Wildman–Crippen LogP) is 4.75. The van der Waals surface area contributed by atoms with E-state index in [1.165, 1.54) is 0 Å². The Balaban J connectivity index is 2.16. The van der Waals surface area contributed by atoms with Crippen molar-refractivity contribution in [2.75, 3.05) is 13.1 Å². The molecule has 0 radical (unpaired) electrons. The first kappa shape index (κ1) is 15.7. The van der Waals surface area contributed by atoms with Crippen LogP contribution < -0.4 is 0 Å². The van der Waals surface area contributed by atoms with Crippen LogP contribution in [0.2, 0.25) is 10.0 Å². The van der Waals surface area contributed by atoms with Gasteiger partial charge in [0.1, 0.15) is 0 Å². The van der Waals surface area contributed by atoms with Gasteiger partial charge in [0.05, 0.1) is 0 Å². The Bertz CT molecular complexity index is 487. The summed E-state index contributed by atoms with van der Waals surface area (Å²) in [5.41, 5.74) is 0.808. The molecule has 0 N–H and O–H groups in total. The Morgan fingerprint density at radius 2 is 1.80 bits per heavy atom. The Kier molecular flexibility index (Phi) is 4.66. The van der Waals surface area contributed by atoms with Gasteiger partial charge < -0.3 is 4.90 Å². The molecule has 1 unspecified atom stereocenters. The average Bonchev–Trinajstić information content (AvgIpc) is 2.36. The highest BCUT2D eigenvalue weighted by Gasteiger charge is 2.31. The molecular formula is C16H21Cl2NO. The molecule has 1 aromatic carbocycles. The Morgan fingerprint density at radius 1 is 1.20 bits per heavy atom. The molecule has 0 saturated carbocycles. The monoisotopic (exact) mass is 313 g/mol. The summed E-state index contributed by atoms with van der Waals surface area (Å²) in [4.78, 5) is 14.4. The van der Waals surface area contributed by atoms with Gasteiger partial charge in [0.2, 0.25) is 5.91 Å². The molecule has 2 nitrogen and oxygen atoms in total. The van der Waals surface area contributed by atoms with Crippen LogP contribution in [0.1, 0.15) is 45.1 Å². The van der Waals surface area contributed by atoms with E-state index >= 15 is 0 Å². The van der Waals surface area contributed by atoms with E-state index < -0.39 is 0 Å². The van der Waals surface area contributed by atoms with E-state index in [2.05, 4.69) is 0 Å². The number of hydrogen-bond donors (Lipinski definition) is 0. The summed E-state index contributed by atoms with van der Waals surface area (Å²) in [5, 5.41) is 1.32. The maximum atomic E-state index is 12.4. The van der Waals surface area contributed by atoms with Crippen LogP contribution in [0.25, 0.3) is 0 Å². The van der Waals surface area contributed by atoms with Crippen molar-refractivity contribution in [1.29, 1.82) is 0 Å². The van der Waals surface area contributed by atoms with Gasteiger partial charge in [0.25, 0.3) is 0 Å². The zero-order valence-corrected chi connectivity index (χ0v) is 13.8. The molecule has 1 amide bonds. The third-order valence-corrected chi connectivity index (χ3v) is 4.14. The Labute approximate surface area is 131 Å². The topological polar surface area (TPSA) is 20.3 Å². The molecule has 1 heterocycles. The first-order chi connectivity index (χ1) is 9.27. The standard InChI is InChI=1S/C16H21Cl2NO/c1-16(2,3)15(20)19-6-4-5-11(10-19)12-7-13(17)9-14(18)8-12/h7-9,11H,4-6,10H2,1-3H3. The number of carbonyl (C=O) groups excluding carboxylic acids is 1. The maximum Gasteiger partial charge on any atom is 0.227 e. The van der Waals surface area contributed by atoms with Crippen molar-refractivity contribution in [3.8, 4) is 0 Å². The van der Waals surface area contributed by atoms with Crippen molar-refractivity contribution in [1.82, 2.24) is 4.90 Å². The van der Waals surface area contributed by atoms with Crippen molar-refractivity contribution in [2.45, 2.75) is 39.5 Å². The van der Waals surface area contributed by atoms with Gasteiger partial charge in [0, 0.05) is 34.5 Å². The van der Waals surface area contributed by atoms with Gasteiger partial charge >= 0.3 is 0 Å². The molecule has 1 aliphatic rings. The number of piperidine rings is 1.